The summed E-state index contributed by atoms with van der Waals surface area (Å²) < 4.78 is 0. The SMILES string of the molecule is CC(C)C[C@H](NC(=O)[C@H](CC(=O)NC=O)NC(=O)[C@H](Cc1ccc(O)cc1)NC(=O)[C@H](CCCCN)NC(=O)[C@H](CCC(=O)O)NC(=O)[C@@H](N)CCC(=O)O)C(=O)N[C@H](C(=O)N[C@@H](CO)C(=O)N[C@H](C(=O)O)C(C)C)[C@@H](C)O. The van der Waals surface area contributed by atoms with Gasteiger partial charge in [0.15, 0.2) is 0 Å². The highest BCUT2D eigenvalue weighted by molar-refractivity contribution is 6.00. The minimum Gasteiger partial charge on any atom is -0.508 e. The van der Waals surface area contributed by atoms with Crippen LogP contribution in [-0.2, 0) is 68.7 Å². The smallest absolute Gasteiger partial charge is 0.326 e. The van der Waals surface area contributed by atoms with Crippen molar-refractivity contribution in [3.63, 3.8) is 0 Å². The fourth-order valence-corrected chi connectivity index (χ4v) is 7.26. The van der Waals surface area contributed by atoms with Crippen molar-refractivity contribution in [2.45, 2.75) is 159 Å². The van der Waals surface area contributed by atoms with Gasteiger partial charge in [-0.3, -0.25) is 62.9 Å². The fourth-order valence-electron chi connectivity index (χ4n) is 7.26. The van der Waals surface area contributed by atoms with E-state index in [2.05, 4.69) is 42.5 Å². The van der Waals surface area contributed by atoms with Crippen LogP contribution in [0.5, 0.6) is 5.75 Å². The Balaban J connectivity index is 3.68. The summed E-state index contributed by atoms with van der Waals surface area (Å²) in [6.07, 6.45) is -4.99. The monoisotopic (exact) mass is 1110 g/mol. The molecule has 19 N–H and O–H groups in total. The normalized spacial score (nSPS) is 14.9. The zero-order valence-electron chi connectivity index (χ0n) is 43.9. The van der Waals surface area contributed by atoms with Gasteiger partial charge in [0, 0.05) is 19.3 Å². The Kier molecular flexibility index (Phi) is 30.4. The third kappa shape index (κ3) is 25.3. The second kappa shape index (κ2) is 34.8. The van der Waals surface area contributed by atoms with Crippen molar-refractivity contribution >= 4 is 77.5 Å². The van der Waals surface area contributed by atoms with Gasteiger partial charge in [-0.05, 0) is 81.5 Å². The number of aliphatic hydroxyl groups is 2. The Morgan fingerprint density at radius 3 is 1.54 bits per heavy atom. The van der Waals surface area contributed by atoms with Crippen LogP contribution in [-0.4, -0.2) is 182 Å². The van der Waals surface area contributed by atoms with Crippen LogP contribution < -0.4 is 59.3 Å². The van der Waals surface area contributed by atoms with E-state index in [0.717, 1.165) is 6.92 Å². The lowest BCUT2D eigenvalue weighted by atomic mass is 10.0. The molecule has 0 radical (unpaired) electrons. The number of imide groups is 1. The molecule has 0 saturated heterocycles. The van der Waals surface area contributed by atoms with E-state index in [1.165, 1.54) is 38.1 Å². The average Bonchev–Trinajstić information content (AvgIpc) is 3.35. The minimum absolute atomic E-state index is 0.0202. The Bertz CT molecular complexity index is 2250. The van der Waals surface area contributed by atoms with E-state index in [1.54, 1.807) is 13.8 Å². The molecule has 1 rings (SSSR count). The predicted molar refractivity (Wildman–Crippen MR) is 271 cm³/mol. The summed E-state index contributed by atoms with van der Waals surface area (Å²) in [7, 11) is 0. The first-order valence-electron chi connectivity index (χ1n) is 24.9. The maximum absolute atomic E-state index is 14.4. The number of hydrogen-bond donors (Lipinski definition) is 17. The van der Waals surface area contributed by atoms with E-state index in [1.807, 2.05) is 5.32 Å². The Hall–Kier alpha value is -7.83. The summed E-state index contributed by atoms with van der Waals surface area (Å²) in [4.78, 5) is 168. The maximum Gasteiger partial charge on any atom is 0.326 e. The Morgan fingerprint density at radius 2 is 1.03 bits per heavy atom. The second-order valence-electron chi connectivity index (χ2n) is 19.0. The number of carbonyl (C=O) groups is 13. The highest BCUT2D eigenvalue weighted by atomic mass is 16.4. The molecule has 0 heterocycles. The number of hydrogen-bond acceptors (Lipinski definition) is 18. The zero-order chi connectivity index (χ0) is 59.4. The Labute approximate surface area is 448 Å². The number of phenolic OH excluding ortho intramolecular Hbond substituents is 1. The summed E-state index contributed by atoms with van der Waals surface area (Å²) in [5, 5.41) is 78.6. The molecule has 0 spiro atoms. The fraction of sp³-hybridized carbons (Fsp3) is 0.604. The summed E-state index contributed by atoms with van der Waals surface area (Å²) >= 11 is 0. The van der Waals surface area contributed by atoms with Crippen molar-refractivity contribution in [1.29, 1.82) is 0 Å². The lowest BCUT2D eigenvalue weighted by Gasteiger charge is -2.29. The van der Waals surface area contributed by atoms with Crippen LogP contribution in [0, 0.1) is 11.8 Å². The predicted octanol–water partition coefficient (Wildman–Crippen LogP) is -5.18. The zero-order valence-corrected chi connectivity index (χ0v) is 43.9. The van der Waals surface area contributed by atoms with Gasteiger partial charge in [-0.25, -0.2) is 4.79 Å². The van der Waals surface area contributed by atoms with Gasteiger partial charge in [0.25, 0.3) is 0 Å². The molecule has 30 heteroatoms. The molecule has 10 atom stereocenters. The standard InChI is InChI=1S/C48H75N11O19/c1-23(2)18-31(45(74)59-39(25(5)62)47(76)57-34(21-60)46(75)58-38(24(3)4)48(77)78)54-44(73)33(20-35(64)51-22-61)56-43(72)32(19-26-9-11-27(63)12-10-26)55-41(70)29(8-6-7-17-49)53-42(71)30(14-16-37(67)68)52-40(69)28(50)13-15-36(65)66/h9-12,22-25,28-34,38-39,60,62-63H,6-8,13-21,49-50H2,1-5H3,(H,52,69)(H,53,71)(H,54,73)(H,55,70)(H,56,72)(H,57,76)(H,58,75)(H,59,74)(H,65,66)(H,67,68)(H,77,78)(H,51,61,64)/t25-,28+,29+,30+,31+,32+,33+,34+,38+,39+/m1/s1. The summed E-state index contributed by atoms with van der Waals surface area (Å²) in [6, 6.07) is -9.70. The van der Waals surface area contributed by atoms with E-state index in [-0.39, 0.29) is 44.4 Å². The average molecular weight is 1110 g/mol. The van der Waals surface area contributed by atoms with Gasteiger partial charge in [0.1, 0.15) is 54.1 Å². The molecule has 0 saturated carbocycles. The number of carbonyl (C=O) groups excluding carboxylic acids is 10. The van der Waals surface area contributed by atoms with Crippen LogP contribution in [0.15, 0.2) is 24.3 Å². The van der Waals surface area contributed by atoms with Crippen molar-refractivity contribution in [2.75, 3.05) is 13.2 Å². The van der Waals surface area contributed by atoms with Crippen LogP contribution in [0.2, 0.25) is 0 Å². The van der Waals surface area contributed by atoms with E-state index < -0.39 is 182 Å². The third-order valence-electron chi connectivity index (χ3n) is 11.6. The molecule has 30 nitrogen and oxygen atoms in total. The van der Waals surface area contributed by atoms with Gasteiger partial charge >= 0.3 is 17.9 Å². The number of carboxylic acid groups (broad SMARTS) is 3. The number of nitrogens with two attached hydrogens (primary N) is 2. The van der Waals surface area contributed by atoms with Crippen LogP contribution >= 0.6 is 0 Å². The topological polar surface area (TPSA) is 504 Å². The number of phenols is 1. The molecule has 0 aliphatic carbocycles. The number of benzene rings is 1. The first-order valence-corrected chi connectivity index (χ1v) is 24.9. The molecule has 0 unspecified atom stereocenters. The van der Waals surface area contributed by atoms with Crippen molar-refractivity contribution in [3.8, 4) is 5.75 Å². The number of aliphatic hydroxyl groups excluding tert-OH is 2. The van der Waals surface area contributed by atoms with Crippen LogP contribution in [0.3, 0.4) is 0 Å². The molecule has 0 aromatic heterocycles. The molecule has 0 aliphatic heterocycles. The lowest BCUT2D eigenvalue weighted by Crippen LogP contribution is -2.62. The van der Waals surface area contributed by atoms with Gasteiger partial charge < -0.3 is 84.6 Å². The highest BCUT2D eigenvalue weighted by Gasteiger charge is 2.37. The molecule has 0 fully saturated rings. The second-order valence-corrected chi connectivity index (χ2v) is 19.0. The lowest BCUT2D eigenvalue weighted by molar-refractivity contribution is -0.144. The number of aromatic hydroxyl groups is 1. The number of carboxylic acids is 3. The first kappa shape index (κ1) is 68.2. The number of amides is 10. The van der Waals surface area contributed by atoms with Gasteiger partial charge in [0.2, 0.25) is 59.6 Å². The number of unbranched alkanes of at least 4 members (excludes halogenated alkanes) is 1. The van der Waals surface area contributed by atoms with Crippen molar-refractivity contribution in [1.82, 2.24) is 47.9 Å². The Morgan fingerprint density at radius 1 is 0.564 bits per heavy atom. The van der Waals surface area contributed by atoms with Crippen LogP contribution in [0.1, 0.15) is 98.0 Å². The first-order chi connectivity index (χ1) is 36.5. The van der Waals surface area contributed by atoms with Crippen molar-refractivity contribution in [3.05, 3.63) is 29.8 Å². The third-order valence-corrected chi connectivity index (χ3v) is 11.6. The van der Waals surface area contributed by atoms with Gasteiger partial charge in [-0.15, -0.1) is 0 Å². The molecule has 78 heavy (non-hydrogen) atoms. The molecular weight excluding hydrogens is 1030 g/mol. The van der Waals surface area contributed by atoms with Gasteiger partial charge in [0.05, 0.1) is 25.2 Å². The van der Waals surface area contributed by atoms with E-state index >= 15 is 0 Å². The molecule has 1 aromatic carbocycles. The summed E-state index contributed by atoms with van der Waals surface area (Å²) in [6.45, 7) is 6.42. The summed E-state index contributed by atoms with van der Waals surface area (Å²) in [5.74, 6) is -15.4. The quantitative estimate of drug-likeness (QED) is 0.0219. The van der Waals surface area contributed by atoms with Gasteiger partial charge in [-0.2, -0.15) is 0 Å². The van der Waals surface area contributed by atoms with E-state index in [4.69, 9.17) is 16.6 Å². The molecule has 10 amide bonds. The molecule has 436 valence electrons. The molecule has 1 aromatic rings. The molecule has 0 aliphatic rings. The van der Waals surface area contributed by atoms with Crippen molar-refractivity contribution < 1.29 is 93.0 Å². The maximum atomic E-state index is 14.4. The number of nitrogens with one attached hydrogen (secondary N) is 9. The summed E-state index contributed by atoms with van der Waals surface area (Å²) in [5.41, 5.74) is 11.8. The van der Waals surface area contributed by atoms with Crippen LogP contribution in [0.4, 0.5) is 0 Å². The minimum atomic E-state index is -1.96. The van der Waals surface area contributed by atoms with Gasteiger partial charge in [-0.1, -0.05) is 39.8 Å². The largest absolute Gasteiger partial charge is 0.508 e. The van der Waals surface area contributed by atoms with E-state index in [9.17, 15) is 87.9 Å². The molecule has 0 bridgehead atoms. The van der Waals surface area contributed by atoms with Crippen LogP contribution in [0.25, 0.3) is 0 Å². The number of aliphatic carboxylic acids is 3. The van der Waals surface area contributed by atoms with E-state index in [0.29, 0.717) is 12.0 Å². The molecular formula is C48H75N11O19. The van der Waals surface area contributed by atoms with Crippen molar-refractivity contribution in [2.24, 2.45) is 23.3 Å². The number of rotatable bonds is 37. The highest BCUT2D eigenvalue weighted by Crippen LogP contribution is 2.14.